The van der Waals surface area contributed by atoms with Crippen LogP contribution in [0.1, 0.15) is 5.56 Å². The Morgan fingerprint density at radius 2 is 1.29 bits per heavy atom. The predicted molar refractivity (Wildman–Crippen MR) is 104 cm³/mol. The highest BCUT2D eigenvalue weighted by atomic mass is 16.3. The number of para-hydroxylation sites is 1. The molecule has 0 amide bonds. The molecule has 0 bridgehead atoms. The SMILES string of the molecule is C=CCN(CC=C)C(=CCc1ccccc1O)N(CC=C)CC=C. The molecule has 1 aromatic carbocycles. The van der Waals surface area contributed by atoms with Crippen LogP contribution in [0.25, 0.3) is 0 Å². The van der Waals surface area contributed by atoms with Crippen LogP contribution in [0.3, 0.4) is 0 Å². The highest BCUT2D eigenvalue weighted by Crippen LogP contribution is 2.19. The summed E-state index contributed by atoms with van der Waals surface area (Å²) < 4.78 is 0. The molecule has 24 heavy (non-hydrogen) atoms. The number of phenols is 1. The summed E-state index contributed by atoms with van der Waals surface area (Å²) in [5, 5.41) is 9.99. The minimum atomic E-state index is 0.311. The maximum atomic E-state index is 9.99. The smallest absolute Gasteiger partial charge is 0.119 e. The number of hydrogen-bond acceptors (Lipinski definition) is 3. The summed E-state index contributed by atoms with van der Waals surface area (Å²) in [6, 6.07) is 7.39. The number of benzene rings is 1. The second-order valence-corrected chi connectivity index (χ2v) is 5.36. The number of allylic oxidation sites excluding steroid dienone is 1. The molecule has 1 aromatic rings. The van der Waals surface area contributed by atoms with Crippen LogP contribution in [0.15, 0.2) is 86.8 Å². The molecule has 0 aliphatic heterocycles. The van der Waals surface area contributed by atoms with Gasteiger partial charge in [0.2, 0.25) is 0 Å². The number of aromatic hydroxyl groups is 1. The number of phenolic OH excluding ortho intramolecular Hbond substituents is 1. The lowest BCUT2D eigenvalue weighted by Crippen LogP contribution is -2.36. The van der Waals surface area contributed by atoms with E-state index in [0.29, 0.717) is 38.3 Å². The Kier molecular flexibility index (Phi) is 8.84. The van der Waals surface area contributed by atoms with E-state index in [1.165, 1.54) is 0 Å². The first-order valence-electron chi connectivity index (χ1n) is 8.08. The molecule has 0 atom stereocenters. The molecule has 0 saturated carbocycles. The van der Waals surface area contributed by atoms with Crippen molar-refractivity contribution >= 4 is 0 Å². The van der Waals surface area contributed by atoms with Gasteiger partial charge in [-0.15, -0.1) is 26.3 Å². The Bertz CT molecular complexity index is 543. The predicted octanol–water partition coefficient (Wildman–Crippen LogP) is 4.12. The van der Waals surface area contributed by atoms with Crippen molar-refractivity contribution in [2.75, 3.05) is 26.2 Å². The Balaban J connectivity index is 3.17. The first-order chi connectivity index (χ1) is 11.7. The van der Waals surface area contributed by atoms with E-state index in [1.807, 2.05) is 42.5 Å². The van der Waals surface area contributed by atoms with E-state index in [0.717, 1.165) is 11.4 Å². The van der Waals surface area contributed by atoms with Crippen LogP contribution in [0.2, 0.25) is 0 Å². The molecule has 0 unspecified atom stereocenters. The summed E-state index contributed by atoms with van der Waals surface area (Å²) in [6.07, 6.45) is 10.2. The lowest BCUT2D eigenvalue weighted by molar-refractivity contribution is 0.264. The minimum Gasteiger partial charge on any atom is -0.508 e. The summed E-state index contributed by atoms with van der Waals surface area (Å²) in [4.78, 5) is 4.37. The molecular weight excluding hydrogens is 296 g/mol. The third kappa shape index (κ3) is 5.84. The second kappa shape index (κ2) is 10.9. The van der Waals surface area contributed by atoms with Gasteiger partial charge in [-0.3, -0.25) is 0 Å². The molecule has 0 aromatic heterocycles. The molecule has 1 N–H and O–H groups in total. The van der Waals surface area contributed by atoms with Crippen LogP contribution >= 0.6 is 0 Å². The van der Waals surface area contributed by atoms with Crippen molar-refractivity contribution in [3.05, 3.63) is 92.3 Å². The third-order valence-electron chi connectivity index (χ3n) is 3.54. The van der Waals surface area contributed by atoms with Crippen molar-refractivity contribution in [1.29, 1.82) is 0 Å². The van der Waals surface area contributed by atoms with Crippen molar-refractivity contribution in [2.45, 2.75) is 6.42 Å². The molecule has 0 aliphatic rings. The van der Waals surface area contributed by atoms with E-state index in [2.05, 4.69) is 42.2 Å². The second-order valence-electron chi connectivity index (χ2n) is 5.36. The molecule has 3 nitrogen and oxygen atoms in total. The summed E-state index contributed by atoms with van der Waals surface area (Å²) in [5.41, 5.74) is 0.893. The van der Waals surface area contributed by atoms with Crippen molar-refractivity contribution in [2.24, 2.45) is 0 Å². The van der Waals surface area contributed by atoms with Crippen LogP contribution in [-0.2, 0) is 6.42 Å². The molecule has 0 heterocycles. The van der Waals surface area contributed by atoms with Crippen molar-refractivity contribution in [3.8, 4) is 5.75 Å². The summed E-state index contributed by atoms with van der Waals surface area (Å²) >= 11 is 0. The van der Waals surface area contributed by atoms with Gasteiger partial charge in [-0.2, -0.15) is 0 Å². The number of rotatable bonds is 12. The lowest BCUT2D eigenvalue weighted by Gasteiger charge is -2.34. The normalized spacial score (nSPS) is 9.67. The van der Waals surface area contributed by atoms with E-state index in [9.17, 15) is 5.11 Å². The topological polar surface area (TPSA) is 26.7 Å². The first kappa shape index (κ1) is 19.4. The Labute approximate surface area is 146 Å². The van der Waals surface area contributed by atoms with Crippen LogP contribution in [0.5, 0.6) is 5.75 Å². The average Bonchev–Trinajstić information content (AvgIpc) is 2.57. The van der Waals surface area contributed by atoms with E-state index in [4.69, 9.17) is 0 Å². The van der Waals surface area contributed by atoms with E-state index < -0.39 is 0 Å². The fourth-order valence-corrected chi connectivity index (χ4v) is 2.49. The highest BCUT2D eigenvalue weighted by molar-refractivity contribution is 5.33. The van der Waals surface area contributed by atoms with Gasteiger partial charge in [-0.05, 0) is 24.1 Å². The zero-order valence-corrected chi connectivity index (χ0v) is 14.4. The zero-order valence-electron chi connectivity index (χ0n) is 14.4. The van der Waals surface area contributed by atoms with Crippen LogP contribution in [0, 0.1) is 0 Å². The van der Waals surface area contributed by atoms with Crippen molar-refractivity contribution in [3.63, 3.8) is 0 Å². The Morgan fingerprint density at radius 3 is 1.71 bits per heavy atom. The molecular formula is C21H28N2O. The van der Waals surface area contributed by atoms with Crippen LogP contribution < -0.4 is 0 Å². The van der Waals surface area contributed by atoms with Crippen LogP contribution in [-0.4, -0.2) is 41.1 Å². The van der Waals surface area contributed by atoms with Gasteiger partial charge >= 0.3 is 0 Å². The van der Waals surface area contributed by atoms with Crippen molar-refractivity contribution in [1.82, 2.24) is 9.80 Å². The fourth-order valence-electron chi connectivity index (χ4n) is 2.49. The summed E-state index contributed by atoms with van der Waals surface area (Å²) in [6.45, 7) is 18.2. The highest BCUT2D eigenvalue weighted by Gasteiger charge is 2.13. The van der Waals surface area contributed by atoms with E-state index in [1.54, 1.807) is 6.07 Å². The Morgan fingerprint density at radius 1 is 0.833 bits per heavy atom. The molecule has 0 fully saturated rings. The van der Waals surface area contributed by atoms with Crippen molar-refractivity contribution < 1.29 is 5.11 Å². The van der Waals surface area contributed by atoms with E-state index >= 15 is 0 Å². The zero-order chi connectivity index (χ0) is 17.8. The van der Waals surface area contributed by atoms with Gasteiger partial charge in [0.15, 0.2) is 0 Å². The summed E-state index contributed by atoms with van der Waals surface area (Å²) in [5.74, 6) is 1.36. The van der Waals surface area contributed by atoms with Gasteiger partial charge in [-0.25, -0.2) is 0 Å². The molecule has 0 aliphatic carbocycles. The van der Waals surface area contributed by atoms with Gasteiger partial charge in [-0.1, -0.05) is 42.5 Å². The molecule has 128 valence electrons. The van der Waals surface area contributed by atoms with Crippen LogP contribution in [0.4, 0.5) is 0 Å². The van der Waals surface area contributed by atoms with Gasteiger partial charge < -0.3 is 14.9 Å². The van der Waals surface area contributed by atoms with Gasteiger partial charge in [0, 0.05) is 26.2 Å². The monoisotopic (exact) mass is 324 g/mol. The largest absolute Gasteiger partial charge is 0.508 e. The molecule has 0 radical (unpaired) electrons. The van der Waals surface area contributed by atoms with E-state index in [-0.39, 0.29) is 0 Å². The minimum absolute atomic E-state index is 0.311. The number of nitrogens with zero attached hydrogens (tertiary/aromatic N) is 2. The molecule has 3 heteroatoms. The first-order valence-corrected chi connectivity index (χ1v) is 8.08. The fraction of sp³-hybridized carbons (Fsp3) is 0.238. The standard InChI is InChI=1S/C21H28N2O/c1-5-15-22(16-6-2)21(23(17-7-3)18-8-4)14-13-19-11-9-10-12-20(19)24/h5-12,14,24H,1-4,13,15-18H2. The average molecular weight is 324 g/mol. The lowest BCUT2D eigenvalue weighted by atomic mass is 10.1. The quantitative estimate of drug-likeness (QED) is 0.586. The number of hydrogen-bond donors (Lipinski definition) is 1. The third-order valence-corrected chi connectivity index (χ3v) is 3.54. The van der Waals surface area contributed by atoms with Gasteiger partial charge in [0.05, 0.1) is 0 Å². The maximum Gasteiger partial charge on any atom is 0.119 e. The molecule has 0 spiro atoms. The molecule has 1 rings (SSSR count). The summed E-state index contributed by atoms with van der Waals surface area (Å²) in [7, 11) is 0. The van der Waals surface area contributed by atoms with Gasteiger partial charge in [0.25, 0.3) is 0 Å². The molecule has 0 saturated heterocycles. The maximum absolute atomic E-state index is 9.99. The van der Waals surface area contributed by atoms with Gasteiger partial charge in [0.1, 0.15) is 11.6 Å². The Hall–Kier alpha value is -2.68.